The van der Waals surface area contributed by atoms with E-state index in [1.165, 1.54) is 6.20 Å². The minimum absolute atomic E-state index is 0.0285. The van der Waals surface area contributed by atoms with E-state index in [1.54, 1.807) is 6.92 Å². The summed E-state index contributed by atoms with van der Waals surface area (Å²) in [4.78, 5) is 22.9. The van der Waals surface area contributed by atoms with Crippen LogP contribution in [0.3, 0.4) is 0 Å². The van der Waals surface area contributed by atoms with E-state index in [2.05, 4.69) is 10.6 Å². The van der Waals surface area contributed by atoms with Crippen LogP contribution in [0.15, 0.2) is 11.8 Å². The smallest absolute Gasteiger partial charge is 0.307 e. The molecule has 6 nitrogen and oxygen atoms in total. The van der Waals surface area contributed by atoms with Crippen molar-refractivity contribution in [3.8, 4) is 6.07 Å². The molecule has 1 amide bonds. The average molecular weight is 279 g/mol. The van der Waals surface area contributed by atoms with Crippen LogP contribution >= 0.6 is 0 Å². The van der Waals surface area contributed by atoms with E-state index in [1.807, 2.05) is 6.07 Å². The fourth-order valence-corrected chi connectivity index (χ4v) is 2.06. The maximum absolute atomic E-state index is 11.8. The van der Waals surface area contributed by atoms with Crippen LogP contribution in [0.1, 0.15) is 39.0 Å². The molecule has 0 bridgehead atoms. The van der Waals surface area contributed by atoms with Gasteiger partial charge < -0.3 is 15.4 Å². The fraction of sp³-hybridized carbons (Fsp3) is 0.643. The number of nitriles is 1. The lowest BCUT2D eigenvalue weighted by atomic mass is 10.2. The van der Waals surface area contributed by atoms with Crippen molar-refractivity contribution in [1.82, 2.24) is 10.6 Å². The summed E-state index contributed by atoms with van der Waals surface area (Å²) in [5, 5.41) is 14.6. The molecule has 0 aromatic rings. The highest BCUT2D eigenvalue weighted by Crippen LogP contribution is 2.17. The largest absolute Gasteiger partial charge is 0.466 e. The van der Waals surface area contributed by atoms with Gasteiger partial charge in [-0.1, -0.05) is 12.8 Å². The number of hydrogen-bond donors (Lipinski definition) is 2. The summed E-state index contributed by atoms with van der Waals surface area (Å²) in [7, 11) is 0. The topological polar surface area (TPSA) is 91.2 Å². The van der Waals surface area contributed by atoms with Gasteiger partial charge in [0.25, 0.3) is 5.91 Å². The number of ether oxygens (including phenoxy) is 1. The lowest BCUT2D eigenvalue weighted by Crippen LogP contribution is -2.34. The molecule has 0 heterocycles. The fourth-order valence-electron chi connectivity index (χ4n) is 2.06. The number of hydrogen-bond acceptors (Lipinski definition) is 5. The van der Waals surface area contributed by atoms with Crippen LogP contribution < -0.4 is 10.6 Å². The SMILES string of the molecule is CCOC(=O)CCN/C=C(/C#N)C(=O)NC1CCCC1. The highest BCUT2D eigenvalue weighted by Gasteiger charge is 2.19. The molecule has 0 aliphatic heterocycles. The maximum atomic E-state index is 11.8. The van der Waals surface area contributed by atoms with Gasteiger partial charge in [-0.2, -0.15) is 5.26 Å². The van der Waals surface area contributed by atoms with Crippen molar-refractivity contribution in [3.05, 3.63) is 11.8 Å². The second-order valence-electron chi connectivity index (χ2n) is 4.63. The molecule has 2 N–H and O–H groups in total. The van der Waals surface area contributed by atoms with Gasteiger partial charge >= 0.3 is 5.97 Å². The quantitative estimate of drug-likeness (QED) is 0.314. The Kier molecular flexibility index (Phi) is 7.18. The molecule has 0 aromatic heterocycles. The second kappa shape index (κ2) is 8.97. The molecule has 0 saturated heterocycles. The Morgan fingerprint density at radius 3 is 2.70 bits per heavy atom. The standard InChI is InChI=1S/C14H21N3O3/c1-2-20-13(18)7-8-16-10-11(9-15)14(19)17-12-5-3-4-6-12/h10,12,16H,2-8H2,1H3,(H,17,19)/b11-10-. The molecule has 1 rings (SSSR count). The number of amides is 1. The Labute approximate surface area is 119 Å². The molecule has 1 aliphatic carbocycles. The molecular weight excluding hydrogens is 258 g/mol. The molecule has 0 atom stereocenters. The molecule has 1 fully saturated rings. The first-order chi connectivity index (χ1) is 9.67. The minimum atomic E-state index is -0.358. The van der Waals surface area contributed by atoms with Crippen LogP contribution in [0.4, 0.5) is 0 Å². The summed E-state index contributed by atoms with van der Waals surface area (Å²) < 4.78 is 4.77. The molecule has 20 heavy (non-hydrogen) atoms. The molecule has 0 spiro atoms. The summed E-state index contributed by atoms with van der Waals surface area (Å²) in [5.74, 6) is -0.662. The average Bonchev–Trinajstić information content (AvgIpc) is 2.91. The van der Waals surface area contributed by atoms with Crippen LogP contribution in [0.25, 0.3) is 0 Å². The zero-order valence-corrected chi connectivity index (χ0v) is 11.8. The van der Waals surface area contributed by atoms with E-state index >= 15 is 0 Å². The van der Waals surface area contributed by atoms with E-state index in [-0.39, 0.29) is 29.9 Å². The summed E-state index contributed by atoms with van der Waals surface area (Å²) in [6.07, 6.45) is 5.74. The van der Waals surface area contributed by atoms with Crippen LogP contribution in [-0.2, 0) is 14.3 Å². The Morgan fingerprint density at radius 1 is 1.40 bits per heavy atom. The van der Waals surface area contributed by atoms with Crippen molar-refractivity contribution in [2.75, 3.05) is 13.2 Å². The maximum Gasteiger partial charge on any atom is 0.307 e. The van der Waals surface area contributed by atoms with Gasteiger partial charge in [0.05, 0.1) is 13.0 Å². The Morgan fingerprint density at radius 2 is 2.10 bits per heavy atom. The predicted octanol–water partition coefficient (Wildman–Crippen LogP) is 0.995. The number of esters is 1. The second-order valence-corrected chi connectivity index (χ2v) is 4.63. The first kappa shape index (κ1) is 16.0. The predicted molar refractivity (Wildman–Crippen MR) is 73.3 cm³/mol. The van der Waals surface area contributed by atoms with Crippen LogP contribution in [0, 0.1) is 11.3 Å². The molecular formula is C14H21N3O3. The van der Waals surface area contributed by atoms with Crippen molar-refractivity contribution < 1.29 is 14.3 Å². The van der Waals surface area contributed by atoms with E-state index < -0.39 is 0 Å². The first-order valence-electron chi connectivity index (χ1n) is 6.97. The third kappa shape index (κ3) is 5.74. The van der Waals surface area contributed by atoms with Gasteiger partial charge in [-0.3, -0.25) is 9.59 Å². The lowest BCUT2D eigenvalue weighted by molar-refractivity contribution is -0.142. The molecule has 1 aliphatic rings. The highest BCUT2D eigenvalue weighted by molar-refractivity contribution is 5.97. The summed E-state index contributed by atoms with van der Waals surface area (Å²) >= 11 is 0. The normalized spacial score (nSPS) is 15.5. The first-order valence-corrected chi connectivity index (χ1v) is 6.97. The van der Waals surface area contributed by atoms with Crippen molar-refractivity contribution in [2.24, 2.45) is 0 Å². The third-order valence-corrected chi connectivity index (χ3v) is 3.08. The van der Waals surface area contributed by atoms with E-state index in [9.17, 15) is 9.59 Å². The van der Waals surface area contributed by atoms with Crippen molar-refractivity contribution in [3.63, 3.8) is 0 Å². The minimum Gasteiger partial charge on any atom is -0.466 e. The monoisotopic (exact) mass is 279 g/mol. The molecule has 0 aromatic carbocycles. The number of carbonyl (C=O) groups is 2. The zero-order chi connectivity index (χ0) is 14.8. The number of carbonyl (C=O) groups excluding carboxylic acids is 2. The van der Waals surface area contributed by atoms with Gasteiger partial charge in [0.1, 0.15) is 11.6 Å². The van der Waals surface area contributed by atoms with E-state index in [0.29, 0.717) is 13.2 Å². The van der Waals surface area contributed by atoms with Gasteiger partial charge in [0.15, 0.2) is 0 Å². The van der Waals surface area contributed by atoms with Crippen molar-refractivity contribution in [2.45, 2.75) is 45.1 Å². The lowest BCUT2D eigenvalue weighted by Gasteiger charge is -2.11. The molecule has 0 unspecified atom stereocenters. The van der Waals surface area contributed by atoms with Crippen LogP contribution in [0.5, 0.6) is 0 Å². The van der Waals surface area contributed by atoms with Gasteiger partial charge in [0.2, 0.25) is 0 Å². The van der Waals surface area contributed by atoms with Gasteiger partial charge in [0, 0.05) is 18.8 Å². The van der Waals surface area contributed by atoms with E-state index in [4.69, 9.17) is 10.00 Å². The number of rotatable bonds is 7. The molecule has 1 saturated carbocycles. The Balaban J connectivity index is 2.32. The summed E-state index contributed by atoms with van der Waals surface area (Å²) in [6, 6.07) is 2.04. The zero-order valence-electron chi connectivity index (χ0n) is 11.8. The van der Waals surface area contributed by atoms with E-state index in [0.717, 1.165) is 25.7 Å². The van der Waals surface area contributed by atoms with Gasteiger partial charge in [-0.25, -0.2) is 0 Å². The molecule has 6 heteroatoms. The van der Waals surface area contributed by atoms with Crippen LogP contribution in [-0.4, -0.2) is 31.1 Å². The molecule has 0 radical (unpaired) electrons. The number of nitrogens with zero attached hydrogens (tertiary/aromatic N) is 1. The van der Waals surface area contributed by atoms with Gasteiger partial charge in [-0.05, 0) is 19.8 Å². The molecule has 110 valence electrons. The van der Waals surface area contributed by atoms with Crippen molar-refractivity contribution >= 4 is 11.9 Å². The van der Waals surface area contributed by atoms with Crippen molar-refractivity contribution in [1.29, 1.82) is 5.26 Å². The Hall–Kier alpha value is -2.03. The Bertz CT molecular complexity index is 406. The summed E-state index contributed by atoms with van der Waals surface area (Å²) in [6.45, 7) is 2.43. The van der Waals surface area contributed by atoms with Gasteiger partial charge in [-0.15, -0.1) is 0 Å². The third-order valence-electron chi connectivity index (χ3n) is 3.08. The van der Waals surface area contributed by atoms with Crippen LogP contribution in [0.2, 0.25) is 0 Å². The highest BCUT2D eigenvalue weighted by atomic mass is 16.5. The number of nitrogens with one attached hydrogen (secondary N) is 2. The summed E-state index contributed by atoms with van der Waals surface area (Å²) in [5.41, 5.74) is 0.0285.